The van der Waals surface area contributed by atoms with E-state index in [0.717, 1.165) is 0 Å². The summed E-state index contributed by atoms with van der Waals surface area (Å²) in [6, 6.07) is 10.5. The minimum atomic E-state index is -0.634. The third-order valence-electron chi connectivity index (χ3n) is 3.93. The molecule has 1 heterocycles. The van der Waals surface area contributed by atoms with Crippen LogP contribution in [0.2, 0.25) is 0 Å². The topological polar surface area (TPSA) is 101 Å². The van der Waals surface area contributed by atoms with Crippen molar-refractivity contribution >= 4 is 22.8 Å². The second-order valence-corrected chi connectivity index (χ2v) is 5.80. The molecule has 0 atom stereocenters. The van der Waals surface area contributed by atoms with Crippen LogP contribution in [0.4, 0.5) is 4.39 Å². The molecular weight excluding hydrogens is 367 g/mol. The zero-order chi connectivity index (χ0) is 20.1. The van der Waals surface area contributed by atoms with Gasteiger partial charge in [0.1, 0.15) is 12.4 Å². The van der Waals surface area contributed by atoms with E-state index in [1.165, 1.54) is 37.4 Å². The van der Waals surface area contributed by atoms with Crippen molar-refractivity contribution in [1.82, 2.24) is 4.98 Å². The zero-order valence-corrected chi connectivity index (χ0v) is 15.0. The number of hydrogen-bond acceptors (Lipinski definition) is 6. The van der Waals surface area contributed by atoms with Crippen LogP contribution in [-0.4, -0.2) is 30.6 Å². The van der Waals surface area contributed by atoms with Crippen LogP contribution in [0.5, 0.6) is 11.5 Å². The van der Waals surface area contributed by atoms with Gasteiger partial charge in [-0.2, -0.15) is 0 Å². The smallest absolute Gasteiger partial charge is 0.338 e. The van der Waals surface area contributed by atoms with Gasteiger partial charge in [0.2, 0.25) is 0 Å². The molecule has 3 rings (SSSR count). The van der Waals surface area contributed by atoms with E-state index in [1.54, 1.807) is 18.3 Å². The molecule has 0 fully saturated rings. The van der Waals surface area contributed by atoms with Gasteiger partial charge in [-0.1, -0.05) is 6.07 Å². The lowest BCUT2D eigenvalue weighted by molar-refractivity contribution is -0.119. The highest BCUT2D eigenvalue weighted by Crippen LogP contribution is 2.28. The largest absolute Gasteiger partial charge is 0.493 e. The number of rotatable bonds is 7. The molecule has 0 saturated heterocycles. The predicted octanol–water partition coefficient (Wildman–Crippen LogP) is 2.60. The number of hydrogen-bond donors (Lipinski definition) is 1. The number of esters is 1. The Kier molecular flexibility index (Phi) is 5.69. The first-order valence-electron chi connectivity index (χ1n) is 8.28. The van der Waals surface area contributed by atoms with E-state index >= 15 is 0 Å². The van der Waals surface area contributed by atoms with Crippen LogP contribution >= 0.6 is 0 Å². The Morgan fingerprint density at radius 3 is 2.71 bits per heavy atom. The first-order valence-corrected chi connectivity index (χ1v) is 8.28. The lowest BCUT2D eigenvalue weighted by Crippen LogP contribution is -2.20. The molecule has 7 nitrogen and oxygen atoms in total. The van der Waals surface area contributed by atoms with Gasteiger partial charge in [0.25, 0.3) is 5.91 Å². The predicted molar refractivity (Wildman–Crippen MR) is 98.5 cm³/mol. The highest BCUT2D eigenvalue weighted by atomic mass is 19.1. The van der Waals surface area contributed by atoms with E-state index in [0.29, 0.717) is 16.5 Å². The van der Waals surface area contributed by atoms with Crippen molar-refractivity contribution < 1.29 is 28.2 Å². The second kappa shape index (κ2) is 8.34. The van der Waals surface area contributed by atoms with Gasteiger partial charge in [-0.25, -0.2) is 9.18 Å². The first kappa shape index (κ1) is 19.1. The van der Waals surface area contributed by atoms with Gasteiger partial charge in [-0.3, -0.25) is 9.78 Å². The average molecular weight is 384 g/mol. The molecule has 0 aliphatic rings. The van der Waals surface area contributed by atoms with Gasteiger partial charge >= 0.3 is 5.97 Å². The van der Waals surface area contributed by atoms with Gasteiger partial charge < -0.3 is 19.9 Å². The third kappa shape index (κ3) is 4.17. The average Bonchev–Trinajstić information content (AvgIpc) is 2.71. The summed E-state index contributed by atoms with van der Waals surface area (Å²) in [5.74, 6) is -1.11. The van der Waals surface area contributed by atoms with Crippen LogP contribution in [0, 0.1) is 5.82 Å². The number of amides is 1. The van der Waals surface area contributed by atoms with Crippen molar-refractivity contribution in [1.29, 1.82) is 0 Å². The number of pyridine rings is 1. The Morgan fingerprint density at radius 2 is 1.96 bits per heavy atom. The van der Waals surface area contributed by atoms with Crippen LogP contribution < -0.4 is 15.2 Å². The van der Waals surface area contributed by atoms with Gasteiger partial charge in [0, 0.05) is 17.1 Å². The molecule has 0 aliphatic carbocycles. The van der Waals surface area contributed by atoms with Crippen LogP contribution in [0.25, 0.3) is 10.9 Å². The fraction of sp³-hybridized carbons (Fsp3) is 0.150. The molecule has 2 N–H and O–H groups in total. The molecule has 3 aromatic rings. The van der Waals surface area contributed by atoms with Crippen molar-refractivity contribution in [2.75, 3.05) is 13.7 Å². The Labute approximate surface area is 159 Å². The number of halogens is 1. The van der Waals surface area contributed by atoms with Gasteiger partial charge in [0.05, 0.1) is 18.2 Å². The monoisotopic (exact) mass is 384 g/mol. The molecule has 144 valence electrons. The number of nitrogens with two attached hydrogens (primary N) is 1. The lowest BCUT2D eigenvalue weighted by Gasteiger charge is -2.11. The van der Waals surface area contributed by atoms with E-state index in [1.807, 2.05) is 0 Å². The third-order valence-corrected chi connectivity index (χ3v) is 3.93. The summed E-state index contributed by atoms with van der Waals surface area (Å²) >= 11 is 0. The Bertz CT molecular complexity index is 1040. The molecule has 0 spiro atoms. The fourth-order valence-corrected chi connectivity index (χ4v) is 2.60. The summed E-state index contributed by atoms with van der Waals surface area (Å²) in [6.45, 7) is -0.389. The Balaban J connectivity index is 1.75. The Morgan fingerprint density at radius 1 is 1.14 bits per heavy atom. The summed E-state index contributed by atoms with van der Waals surface area (Å²) in [7, 11) is 1.40. The normalized spacial score (nSPS) is 10.5. The number of carbonyl (C=O) groups excluding carboxylic acids is 2. The molecule has 0 saturated carbocycles. The summed E-state index contributed by atoms with van der Waals surface area (Å²) in [6.07, 6.45) is 1.54. The molecule has 0 aliphatic heterocycles. The maximum Gasteiger partial charge on any atom is 0.338 e. The first-order chi connectivity index (χ1) is 13.5. The van der Waals surface area contributed by atoms with Crippen molar-refractivity contribution in [3.05, 3.63) is 65.6 Å². The van der Waals surface area contributed by atoms with Crippen LogP contribution in [0.15, 0.2) is 48.7 Å². The summed E-state index contributed by atoms with van der Waals surface area (Å²) in [4.78, 5) is 27.4. The number of ether oxygens (including phenoxy) is 3. The molecular formula is C20H17FN2O5. The van der Waals surface area contributed by atoms with Gasteiger partial charge in [-0.05, 0) is 36.4 Å². The van der Waals surface area contributed by atoms with Crippen molar-refractivity contribution in [3.63, 3.8) is 0 Å². The van der Waals surface area contributed by atoms with Crippen LogP contribution in [0.1, 0.15) is 15.9 Å². The quantitative estimate of drug-likeness (QED) is 0.629. The SMILES string of the molecule is COc1cc(C(=O)OCc2ccc(F)c3cccnc23)ccc1OCC(N)=O. The van der Waals surface area contributed by atoms with Crippen molar-refractivity contribution in [2.45, 2.75) is 6.61 Å². The molecule has 8 heteroatoms. The van der Waals surface area contributed by atoms with E-state index < -0.39 is 17.7 Å². The standard InChI is InChI=1S/C20H17FN2O5/c1-26-17-9-12(5-7-16(17)27-11-18(22)24)20(25)28-10-13-4-6-15(21)14-3-2-8-23-19(13)14/h2-9H,10-11H2,1H3,(H2,22,24). The summed E-state index contributed by atoms with van der Waals surface area (Å²) in [5.41, 5.74) is 6.29. The molecule has 0 bridgehead atoms. The molecule has 28 heavy (non-hydrogen) atoms. The number of methoxy groups -OCH3 is 1. The lowest BCUT2D eigenvalue weighted by atomic mass is 10.1. The number of fused-ring (bicyclic) bond motifs is 1. The van der Waals surface area contributed by atoms with E-state index in [2.05, 4.69) is 4.98 Å². The molecule has 2 aromatic carbocycles. The molecule has 0 radical (unpaired) electrons. The number of aromatic nitrogens is 1. The fourth-order valence-electron chi connectivity index (χ4n) is 2.60. The number of nitrogens with zero attached hydrogens (tertiary/aromatic N) is 1. The Hall–Kier alpha value is -3.68. The minimum absolute atomic E-state index is 0.0745. The highest BCUT2D eigenvalue weighted by molar-refractivity contribution is 5.90. The molecule has 1 amide bonds. The zero-order valence-electron chi connectivity index (χ0n) is 15.0. The van der Waals surface area contributed by atoms with E-state index in [4.69, 9.17) is 19.9 Å². The number of primary amides is 1. The second-order valence-electron chi connectivity index (χ2n) is 5.80. The summed E-state index contributed by atoms with van der Waals surface area (Å²) < 4.78 is 29.6. The molecule has 0 unspecified atom stereocenters. The van der Waals surface area contributed by atoms with Gasteiger partial charge in [0.15, 0.2) is 18.1 Å². The van der Waals surface area contributed by atoms with E-state index in [9.17, 15) is 14.0 Å². The van der Waals surface area contributed by atoms with Gasteiger partial charge in [-0.15, -0.1) is 0 Å². The van der Waals surface area contributed by atoms with Crippen LogP contribution in [-0.2, 0) is 16.1 Å². The van der Waals surface area contributed by atoms with Crippen LogP contribution in [0.3, 0.4) is 0 Å². The maximum absolute atomic E-state index is 13.9. The number of benzene rings is 2. The minimum Gasteiger partial charge on any atom is -0.493 e. The molecule has 1 aromatic heterocycles. The van der Waals surface area contributed by atoms with E-state index in [-0.39, 0.29) is 30.3 Å². The van der Waals surface area contributed by atoms with Crippen molar-refractivity contribution in [3.8, 4) is 11.5 Å². The highest BCUT2D eigenvalue weighted by Gasteiger charge is 2.14. The summed E-state index contributed by atoms with van der Waals surface area (Å²) in [5, 5.41) is 0.355. The van der Waals surface area contributed by atoms with Crippen molar-refractivity contribution in [2.24, 2.45) is 5.73 Å². The number of carbonyl (C=O) groups is 2. The maximum atomic E-state index is 13.9.